The Morgan fingerprint density at radius 1 is 0.489 bits per heavy atom. The zero-order valence-electron chi connectivity index (χ0n) is 23.8. The van der Waals surface area contributed by atoms with Crippen LogP contribution in [0.4, 0.5) is 0 Å². The lowest BCUT2D eigenvalue weighted by atomic mass is 9.94. The molecule has 11 aromatic rings. The summed E-state index contributed by atoms with van der Waals surface area (Å²) >= 11 is 3.70. The highest BCUT2D eigenvalue weighted by Crippen LogP contribution is 2.51. The molecule has 0 atom stereocenters. The standard InChI is InChI=1S/C40H21N3S2/c1-2-11-25-23(9-1)24-10-3-4-12-26(24)30-19-22(17-18-27(25)30)43-31-15-7-5-13-28(31)35-38(43)40-34(29-14-6-8-16-32(29)44-40)36-37-33(45-39(35)36)20-41-21-42-37/h1-21H. The van der Waals surface area contributed by atoms with Gasteiger partial charge in [-0.1, -0.05) is 91.0 Å². The van der Waals surface area contributed by atoms with Gasteiger partial charge in [0.1, 0.15) is 6.33 Å². The molecular formula is C40H21N3S2. The predicted molar refractivity (Wildman–Crippen MR) is 195 cm³/mol. The van der Waals surface area contributed by atoms with Gasteiger partial charge in [0, 0.05) is 48.2 Å². The molecular weight excluding hydrogens is 587 g/mol. The molecule has 45 heavy (non-hydrogen) atoms. The lowest BCUT2D eigenvalue weighted by molar-refractivity contribution is 1.19. The van der Waals surface area contributed by atoms with Crippen LogP contribution in [0, 0.1) is 0 Å². The van der Waals surface area contributed by atoms with Crippen LogP contribution in [0.3, 0.4) is 0 Å². The van der Waals surface area contributed by atoms with E-state index in [2.05, 4.69) is 125 Å². The SMILES string of the molecule is c1ccc2c(c1)sc1c2c2c3ncncc3sc2c2c3ccccc3n(-c3ccc4c5ccccc5c5ccccc5c4c3)c12. The van der Waals surface area contributed by atoms with Gasteiger partial charge in [0.05, 0.1) is 25.9 Å². The van der Waals surface area contributed by atoms with Crippen molar-refractivity contribution in [3.05, 3.63) is 128 Å². The number of hydrogen-bond acceptors (Lipinski definition) is 4. The highest BCUT2D eigenvalue weighted by Gasteiger charge is 2.25. The van der Waals surface area contributed by atoms with Crippen molar-refractivity contribution in [2.45, 2.75) is 0 Å². The number of rotatable bonds is 1. The van der Waals surface area contributed by atoms with E-state index >= 15 is 0 Å². The second-order valence-corrected chi connectivity index (χ2v) is 13.8. The second kappa shape index (κ2) is 8.63. The Balaban J connectivity index is 1.39. The Bertz CT molecular complexity index is 3020. The number of thiophene rings is 2. The Kier molecular flexibility index (Phi) is 4.61. The summed E-state index contributed by atoms with van der Waals surface area (Å²) in [5, 5.41) is 14.1. The van der Waals surface area contributed by atoms with E-state index in [1.54, 1.807) is 6.33 Å². The fraction of sp³-hybridized carbons (Fsp3) is 0. The van der Waals surface area contributed by atoms with Gasteiger partial charge in [-0.15, -0.1) is 22.7 Å². The van der Waals surface area contributed by atoms with Crippen molar-refractivity contribution in [3.8, 4) is 5.69 Å². The molecule has 0 spiro atoms. The van der Waals surface area contributed by atoms with Crippen molar-refractivity contribution in [2.24, 2.45) is 0 Å². The Morgan fingerprint density at radius 2 is 1.11 bits per heavy atom. The smallest absolute Gasteiger partial charge is 0.116 e. The quantitative estimate of drug-likeness (QED) is 0.174. The monoisotopic (exact) mass is 607 g/mol. The molecule has 0 radical (unpaired) electrons. The third kappa shape index (κ3) is 3.04. The van der Waals surface area contributed by atoms with Crippen molar-refractivity contribution in [1.82, 2.24) is 14.5 Å². The molecule has 4 heterocycles. The molecule has 4 aromatic heterocycles. The highest BCUT2D eigenvalue weighted by atomic mass is 32.1. The number of fused-ring (bicyclic) bond motifs is 18. The Hall–Kier alpha value is -5.36. The molecule has 0 aliphatic rings. The van der Waals surface area contributed by atoms with Crippen LogP contribution in [-0.2, 0) is 0 Å². The molecule has 208 valence electrons. The van der Waals surface area contributed by atoms with Crippen LogP contribution in [0.15, 0.2) is 128 Å². The molecule has 0 amide bonds. The van der Waals surface area contributed by atoms with Gasteiger partial charge in [0.25, 0.3) is 0 Å². The summed E-state index contributed by atoms with van der Waals surface area (Å²) < 4.78 is 7.52. The van der Waals surface area contributed by atoms with Gasteiger partial charge in [0.15, 0.2) is 0 Å². The van der Waals surface area contributed by atoms with Gasteiger partial charge in [-0.05, 0) is 56.6 Å². The summed E-state index contributed by atoms with van der Waals surface area (Å²) in [6.07, 6.45) is 3.66. The predicted octanol–water partition coefficient (Wildman–Crippen LogP) is 11.8. The molecule has 3 nitrogen and oxygen atoms in total. The van der Waals surface area contributed by atoms with E-state index in [0.717, 1.165) is 10.2 Å². The first-order valence-corrected chi connectivity index (χ1v) is 16.7. The molecule has 0 aliphatic heterocycles. The largest absolute Gasteiger partial charge is 0.308 e. The van der Waals surface area contributed by atoms with Crippen molar-refractivity contribution in [3.63, 3.8) is 0 Å². The number of benzene rings is 7. The minimum Gasteiger partial charge on any atom is -0.308 e. The molecule has 0 unspecified atom stereocenters. The summed E-state index contributed by atoms with van der Waals surface area (Å²) in [5.74, 6) is 0. The van der Waals surface area contributed by atoms with E-state index in [0.29, 0.717) is 0 Å². The number of para-hydroxylation sites is 1. The zero-order chi connectivity index (χ0) is 29.2. The van der Waals surface area contributed by atoms with Crippen molar-refractivity contribution in [1.29, 1.82) is 0 Å². The molecule has 5 heteroatoms. The van der Waals surface area contributed by atoms with Gasteiger partial charge in [-0.2, -0.15) is 0 Å². The van der Waals surface area contributed by atoms with Crippen LogP contribution >= 0.6 is 22.7 Å². The number of hydrogen-bond donors (Lipinski definition) is 0. The van der Waals surface area contributed by atoms with E-state index in [1.807, 2.05) is 28.9 Å². The van der Waals surface area contributed by atoms with Crippen LogP contribution in [0.5, 0.6) is 0 Å². The van der Waals surface area contributed by atoms with Gasteiger partial charge in [-0.3, -0.25) is 0 Å². The second-order valence-electron chi connectivity index (χ2n) is 11.7. The first-order valence-electron chi connectivity index (χ1n) is 15.1. The molecule has 0 bridgehead atoms. The lowest BCUT2D eigenvalue weighted by Crippen LogP contribution is -1.95. The summed E-state index contributed by atoms with van der Waals surface area (Å²) in [6, 6.07) is 42.4. The normalized spacial score (nSPS) is 12.4. The molecule has 0 saturated carbocycles. The van der Waals surface area contributed by atoms with E-state index < -0.39 is 0 Å². The average molecular weight is 608 g/mol. The minimum absolute atomic E-state index is 1.04. The average Bonchev–Trinajstić information content (AvgIpc) is 3.78. The van der Waals surface area contributed by atoms with Gasteiger partial charge in [0.2, 0.25) is 0 Å². The molecule has 0 aliphatic carbocycles. The van der Waals surface area contributed by atoms with Gasteiger partial charge >= 0.3 is 0 Å². The summed E-state index contributed by atoms with van der Waals surface area (Å²) in [7, 11) is 0. The maximum Gasteiger partial charge on any atom is 0.116 e. The van der Waals surface area contributed by atoms with Crippen molar-refractivity contribution >= 4 is 117 Å². The maximum absolute atomic E-state index is 4.84. The van der Waals surface area contributed by atoms with Gasteiger partial charge < -0.3 is 4.57 Å². The Labute approximate surface area is 264 Å². The van der Waals surface area contributed by atoms with E-state index in [9.17, 15) is 0 Å². The zero-order valence-corrected chi connectivity index (χ0v) is 25.4. The minimum atomic E-state index is 1.04. The molecule has 0 saturated heterocycles. The third-order valence-corrected chi connectivity index (χ3v) is 11.8. The van der Waals surface area contributed by atoms with E-state index in [1.165, 1.54) is 90.1 Å². The van der Waals surface area contributed by atoms with Gasteiger partial charge in [-0.25, -0.2) is 9.97 Å². The third-order valence-electron chi connectivity index (χ3n) is 9.50. The molecule has 0 fully saturated rings. The lowest BCUT2D eigenvalue weighted by Gasteiger charge is -2.14. The van der Waals surface area contributed by atoms with Crippen LogP contribution in [0.25, 0.3) is 100 Å². The number of nitrogens with zero attached hydrogens (tertiary/aromatic N) is 3. The molecule has 11 rings (SSSR count). The van der Waals surface area contributed by atoms with Crippen LogP contribution in [-0.4, -0.2) is 14.5 Å². The fourth-order valence-corrected chi connectivity index (χ4v) is 10.1. The maximum atomic E-state index is 4.84. The highest BCUT2D eigenvalue weighted by molar-refractivity contribution is 7.29. The van der Waals surface area contributed by atoms with Crippen LogP contribution in [0.2, 0.25) is 0 Å². The summed E-state index contributed by atoms with van der Waals surface area (Å²) in [4.78, 5) is 9.25. The van der Waals surface area contributed by atoms with E-state index in [4.69, 9.17) is 4.98 Å². The first kappa shape index (κ1) is 24.0. The van der Waals surface area contributed by atoms with E-state index in [-0.39, 0.29) is 0 Å². The summed E-state index contributed by atoms with van der Waals surface area (Å²) in [5.41, 5.74) is 4.70. The topological polar surface area (TPSA) is 30.7 Å². The van der Waals surface area contributed by atoms with Crippen molar-refractivity contribution in [2.75, 3.05) is 0 Å². The van der Waals surface area contributed by atoms with Crippen LogP contribution < -0.4 is 0 Å². The van der Waals surface area contributed by atoms with Crippen molar-refractivity contribution < 1.29 is 0 Å². The molecule has 7 aromatic carbocycles. The molecule has 0 N–H and O–H groups in total. The van der Waals surface area contributed by atoms with Crippen LogP contribution in [0.1, 0.15) is 0 Å². The summed E-state index contributed by atoms with van der Waals surface area (Å²) in [6.45, 7) is 0. The first-order chi connectivity index (χ1) is 22.3. The fourth-order valence-electron chi connectivity index (χ4n) is 7.70. The Morgan fingerprint density at radius 3 is 1.89 bits per heavy atom. The number of aromatic nitrogens is 3.